The van der Waals surface area contributed by atoms with E-state index >= 15 is 0 Å². The molecule has 1 amide bonds. The first-order valence-corrected chi connectivity index (χ1v) is 10.2. The zero-order valence-corrected chi connectivity index (χ0v) is 17.6. The maximum atomic E-state index is 12.4. The van der Waals surface area contributed by atoms with Crippen LogP contribution in [0.3, 0.4) is 0 Å². The van der Waals surface area contributed by atoms with E-state index in [1.165, 1.54) is 5.56 Å². The van der Waals surface area contributed by atoms with Crippen LogP contribution in [0.15, 0.2) is 78.9 Å². The standard InChI is InChI=1S/C26H29NO3/c1-20(24-10-6-7-11-25(24)29-2)16-26(28)27-17-21-12-14-23(15-13-21)19-30-18-22-8-4-3-5-9-22/h3-15,20H,16-19H2,1-2H3,(H,27,28). The summed E-state index contributed by atoms with van der Waals surface area (Å²) < 4.78 is 11.2. The Balaban J connectivity index is 1.42. The van der Waals surface area contributed by atoms with Gasteiger partial charge in [0.15, 0.2) is 0 Å². The van der Waals surface area contributed by atoms with Crippen molar-refractivity contribution in [3.05, 3.63) is 101 Å². The topological polar surface area (TPSA) is 47.6 Å². The van der Waals surface area contributed by atoms with E-state index in [0.717, 1.165) is 22.4 Å². The molecule has 0 heterocycles. The van der Waals surface area contributed by atoms with E-state index < -0.39 is 0 Å². The first kappa shape index (κ1) is 21.6. The molecule has 0 saturated heterocycles. The van der Waals surface area contributed by atoms with E-state index in [4.69, 9.17) is 9.47 Å². The highest BCUT2D eigenvalue weighted by molar-refractivity contribution is 5.77. The molecule has 0 saturated carbocycles. The Bertz CT molecular complexity index is 923. The number of carbonyl (C=O) groups excluding carboxylic acids is 1. The average Bonchev–Trinajstić information content (AvgIpc) is 2.79. The highest BCUT2D eigenvalue weighted by Crippen LogP contribution is 2.28. The van der Waals surface area contributed by atoms with Gasteiger partial charge < -0.3 is 14.8 Å². The monoisotopic (exact) mass is 403 g/mol. The Labute approximate surface area is 178 Å². The zero-order chi connectivity index (χ0) is 21.2. The third-order valence-electron chi connectivity index (χ3n) is 5.05. The number of para-hydroxylation sites is 1. The van der Waals surface area contributed by atoms with Crippen molar-refractivity contribution in [3.8, 4) is 5.75 Å². The van der Waals surface area contributed by atoms with Crippen LogP contribution in [0.2, 0.25) is 0 Å². The maximum Gasteiger partial charge on any atom is 0.220 e. The molecule has 3 aromatic carbocycles. The molecule has 0 aliphatic carbocycles. The number of nitrogens with one attached hydrogen (secondary N) is 1. The fourth-order valence-corrected chi connectivity index (χ4v) is 3.35. The summed E-state index contributed by atoms with van der Waals surface area (Å²) in [6.07, 6.45) is 0.422. The summed E-state index contributed by atoms with van der Waals surface area (Å²) in [4.78, 5) is 12.4. The van der Waals surface area contributed by atoms with Crippen LogP contribution in [-0.2, 0) is 29.3 Å². The summed E-state index contributed by atoms with van der Waals surface area (Å²) in [7, 11) is 1.65. The molecule has 0 aliphatic heterocycles. The largest absolute Gasteiger partial charge is 0.496 e. The van der Waals surface area contributed by atoms with Crippen LogP contribution in [0.25, 0.3) is 0 Å². The number of rotatable bonds is 10. The number of hydrogen-bond acceptors (Lipinski definition) is 3. The van der Waals surface area contributed by atoms with Crippen LogP contribution >= 0.6 is 0 Å². The lowest BCUT2D eigenvalue weighted by Crippen LogP contribution is -2.24. The van der Waals surface area contributed by atoms with Gasteiger partial charge in [0.1, 0.15) is 5.75 Å². The second kappa shape index (κ2) is 11.2. The molecule has 156 valence electrons. The molecule has 0 bridgehead atoms. The Morgan fingerprint density at radius 3 is 2.13 bits per heavy atom. The summed E-state index contributed by atoms with van der Waals surface area (Å²) in [6.45, 7) is 3.73. The van der Waals surface area contributed by atoms with E-state index in [2.05, 4.69) is 17.4 Å². The van der Waals surface area contributed by atoms with Crippen molar-refractivity contribution in [2.45, 2.75) is 39.0 Å². The van der Waals surface area contributed by atoms with Crippen molar-refractivity contribution in [2.24, 2.45) is 0 Å². The predicted molar refractivity (Wildman–Crippen MR) is 119 cm³/mol. The number of ether oxygens (including phenoxy) is 2. The minimum Gasteiger partial charge on any atom is -0.496 e. The molecule has 1 N–H and O–H groups in total. The number of methoxy groups -OCH3 is 1. The van der Waals surface area contributed by atoms with Crippen molar-refractivity contribution in [1.82, 2.24) is 5.32 Å². The lowest BCUT2D eigenvalue weighted by Gasteiger charge is -2.15. The fourth-order valence-electron chi connectivity index (χ4n) is 3.35. The Hall–Kier alpha value is -3.11. The van der Waals surface area contributed by atoms with Crippen LogP contribution in [0.4, 0.5) is 0 Å². The molecule has 4 nitrogen and oxygen atoms in total. The van der Waals surface area contributed by atoms with Gasteiger partial charge in [-0.2, -0.15) is 0 Å². The average molecular weight is 404 g/mol. The highest BCUT2D eigenvalue weighted by atomic mass is 16.5. The molecule has 30 heavy (non-hydrogen) atoms. The van der Waals surface area contributed by atoms with Crippen molar-refractivity contribution >= 4 is 5.91 Å². The van der Waals surface area contributed by atoms with E-state index in [-0.39, 0.29) is 11.8 Å². The zero-order valence-electron chi connectivity index (χ0n) is 17.6. The van der Waals surface area contributed by atoms with Gasteiger partial charge in [-0.1, -0.05) is 79.7 Å². The van der Waals surface area contributed by atoms with E-state index in [1.54, 1.807) is 7.11 Å². The van der Waals surface area contributed by atoms with Gasteiger partial charge in [0.05, 0.1) is 20.3 Å². The van der Waals surface area contributed by atoms with Crippen LogP contribution in [0.1, 0.15) is 41.5 Å². The van der Waals surface area contributed by atoms with Crippen LogP contribution in [0, 0.1) is 0 Å². The Morgan fingerprint density at radius 2 is 1.43 bits per heavy atom. The van der Waals surface area contributed by atoms with E-state index in [9.17, 15) is 4.79 Å². The molecule has 0 aliphatic rings. The number of hydrogen-bond donors (Lipinski definition) is 1. The van der Waals surface area contributed by atoms with Gasteiger partial charge in [0, 0.05) is 13.0 Å². The lowest BCUT2D eigenvalue weighted by atomic mass is 9.96. The van der Waals surface area contributed by atoms with E-state index in [0.29, 0.717) is 26.2 Å². The van der Waals surface area contributed by atoms with Gasteiger partial charge in [-0.15, -0.1) is 0 Å². The van der Waals surface area contributed by atoms with Crippen molar-refractivity contribution in [2.75, 3.05) is 7.11 Å². The second-order valence-corrected chi connectivity index (χ2v) is 7.42. The molecule has 0 radical (unpaired) electrons. The first-order valence-electron chi connectivity index (χ1n) is 10.2. The molecule has 3 aromatic rings. The molecule has 3 rings (SSSR count). The molecular weight excluding hydrogens is 374 g/mol. The number of benzene rings is 3. The second-order valence-electron chi connectivity index (χ2n) is 7.42. The van der Waals surface area contributed by atoms with Gasteiger partial charge in [0.25, 0.3) is 0 Å². The van der Waals surface area contributed by atoms with Crippen molar-refractivity contribution < 1.29 is 14.3 Å². The number of amides is 1. The minimum absolute atomic E-state index is 0.0312. The minimum atomic E-state index is 0.0312. The Kier molecular flexibility index (Phi) is 8.04. The third kappa shape index (κ3) is 6.46. The highest BCUT2D eigenvalue weighted by Gasteiger charge is 2.14. The predicted octanol–water partition coefficient (Wildman–Crippen LogP) is 5.22. The maximum absolute atomic E-state index is 12.4. The summed E-state index contributed by atoms with van der Waals surface area (Å²) in [5, 5.41) is 3.01. The number of carbonyl (C=O) groups is 1. The molecule has 0 aromatic heterocycles. The quantitative estimate of drug-likeness (QED) is 0.505. The van der Waals surface area contributed by atoms with Crippen molar-refractivity contribution in [3.63, 3.8) is 0 Å². The van der Waals surface area contributed by atoms with Crippen molar-refractivity contribution in [1.29, 1.82) is 0 Å². The van der Waals surface area contributed by atoms with Crippen LogP contribution < -0.4 is 10.1 Å². The molecule has 1 atom stereocenters. The fraction of sp³-hybridized carbons (Fsp3) is 0.269. The normalized spacial score (nSPS) is 11.7. The van der Waals surface area contributed by atoms with Gasteiger partial charge in [-0.05, 0) is 34.2 Å². The summed E-state index contributed by atoms with van der Waals surface area (Å²) >= 11 is 0. The molecule has 4 heteroatoms. The first-order chi connectivity index (χ1) is 14.7. The van der Waals surface area contributed by atoms with Crippen LogP contribution in [0.5, 0.6) is 5.75 Å². The SMILES string of the molecule is COc1ccccc1C(C)CC(=O)NCc1ccc(COCc2ccccc2)cc1. The van der Waals surface area contributed by atoms with Gasteiger partial charge in [-0.3, -0.25) is 4.79 Å². The summed E-state index contributed by atoms with van der Waals surface area (Å²) in [5.74, 6) is 0.942. The molecule has 0 spiro atoms. The molecule has 0 fully saturated rings. The summed E-state index contributed by atoms with van der Waals surface area (Å²) in [6, 6.07) is 26.1. The van der Waals surface area contributed by atoms with Gasteiger partial charge in [0.2, 0.25) is 5.91 Å². The van der Waals surface area contributed by atoms with E-state index in [1.807, 2.05) is 73.7 Å². The smallest absolute Gasteiger partial charge is 0.220 e. The lowest BCUT2D eigenvalue weighted by molar-refractivity contribution is -0.121. The van der Waals surface area contributed by atoms with Gasteiger partial charge >= 0.3 is 0 Å². The van der Waals surface area contributed by atoms with Crippen LogP contribution in [-0.4, -0.2) is 13.0 Å². The summed E-state index contributed by atoms with van der Waals surface area (Å²) in [5.41, 5.74) is 4.40. The Morgan fingerprint density at radius 1 is 0.833 bits per heavy atom. The molecule has 1 unspecified atom stereocenters. The third-order valence-corrected chi connectivity index (χ3v) is 5.05. The van der Waals surface area contributed by atoms with Gasteiger partial charge in [-0.25, -0.2) is 0 Å². The molecular formula is C26H29NO3.